The number of methoxy groups -OCH3 is 2. The molecule has 0 saturated carbocycles. The molecular weight excluding hydrogens is 292 g/mol. The lowest BCUT2D eigenvalue weighted by molar-refractivity contribution is -0.107. The van der Waals surface area contributed by atoms with Crippen LogP contribution in [0.5, 0.6) is 5.75 Å². The van der Waals surface area contributed by atoms with E-state index in [0.717, 1.165) is 58.1 Å². The number of morpholine rings is 1. The maximum atomic E-state index is 6.00. The Balaban J connectivity index is 1.64. The van der Waals surface area contributed by atoms with E-state index in [1.54, 1.807) is 14.2 Å². The predicted molar refractivity (Wildman–Crippen MR) is 89.9 cm³/mol. The molecule has 1 aromatic carbocycles. The van der Waals surface area contributed by atoms with Crippen LogP contribution in [0, 0.1) is 0 Å². The molecule has 2 aliphatic rings. The number of hydrogen-bond donors (Lipinski definition) is 0. The highest BCUT2D eigenvalue weighted by Gasteiger charge is 2.36. The molecule has 23 heavy (non-hydrogen) atoms. The van der Waals surface area contributed by atoms with Gasteiger partial charge in [0, 0.05) is 51.4 Å². The van der Waals surface area contributed by atoms with Crippen LogP contribution in [0.4, 0.5) is 0 Å². The van der Waals surface area contributed by atoms with Crippen LogP contribution in [0.15, 0.2) is 24.3 Å². The quantitative estimate of drug-likeness (QED) is 0.796. The van der Waals surface area contributed by atoms with Gasteiger partial charge in [-0.05, 0) is 12.5 Å². The molecule has 2 atom stereocenters. The first kappa shape index (κ1) is 16.7. The van der Waals surface area contributed by atoms with Crippen molar-refractivity contribution < 1.29 is 14.2 Å². The molecule has 0 bridgehead atoms. The summed E-state index contributed by atoms with van der Waals surface area (Å²) in [6.07, 6.45) is 1.47. The van der Waals surface area contributed by atoms with Gasteiger partial charge < -0.3 is 14.2 Å². The van der Waals surface area contributed by atoms with Crippen LogP contribution in [-0.4, -0.2) is 75.6 Å². The van der Waals surface area contributed by atoms with Gasteiger partial charge in [-0.15, -0.1) is 0 Å². The van der Waals surface area contributed by atoms with Crippen LogP contribution in [-0.2, 0) is 16.0 Å². The standard InChI is InChI=1S/C18H28N2O3/c1-21-11-9-20-10-12-23-18-7-8-19(14-16(18)20)13-15-5-3-4-6-17(15)22-2/h3-6,16,18H,7-14H2,1-2H3/t16-,18-/m1/s1. The second-order valence-electron chi connectivity index (χ2n) is 6.34. The molecule has 0 radical (unpaired) electrons. The van der Waals surface area contributed by atoms with Gasteiger partial charge >= 0.3 is 0 Å². The maximum Gasteiger partial charge on any atom is 0.123 e. The van der Waals surface area contributed by atoms with Gasteiger partial charge in [-0.2, -0.15) is 0 Å². The molecule has 0 aromatic heterocycles. The van der Waals surface area contributed by atoms with Crippen molar-refractivity contribution >= 4 is 0 Å². The van der Waals surface area contributed by atoms with E-state index >= 15 is 0 Å². The van der Waals surface area contributed by atoms with E-state index in [9.17, 15) is 0 Å². The average molecular weight is 320 g/mol. The van der Waals surface area contributed by atoms with Gasteiger partial charge in [-0.25, -0.2) is 0 Å². The average Bonchev–Trinajstić information content (AvgIpc) is 2.60. The fourth-order valence-corrected chi connectivity index (χ4v) is 3.71. The van der Waals surface area contributed by atoms with Crippen molar-refractivity contribution in [1.29, 1.82) is 0 Å². The number of nitrogens with zero attached hydrogens (tertiary/aromatic N) is 2. The zero-order valence-electron chi connectivity index (χ0n) is 14.2. The highest BCUT2D eigenvalue weighted by Crippen LogP contribution is 2.26. The molecule has 1 aromatic rings. The predicted octanol–water partition coefficient (Wildman–Crippen LogP) is 1.62. The molecule has 128 valence electrons. The minimum Gasteiger partial charge on any atom is -0.496 e. The fraction of sp³-hybridized carbons (Fsp3) is 0.667. The minimum atomic E-state index is 0.370. The molecular formula is C18H28N2O3. The van der Waals surface area contributed by atoms with E-state index in [4.69, 9.17) is 14.2 Å². The third-order valence-electron chi connectivity index (χ3n) is 4.95. The molecule has 0 N–H and O–H groups in total. The Bertz CT molecular complexity index is 497. The molecule has 5 nitrogen and oxygen atoms in total. The van der Waals surface area contributed by atoms with Crippen molar-refractivity contribution in [3.05, 3.63) is 29.8 Å². The molecule has 0 amide bonds. The van der Waals surface area contributed by atoms with Gasteiger partial charge in [0.25, 0.3) is 0 Å². The summed E-state index contributed by atoms with van der Waals surface area (Å²) in [5.74, 6) is 0.978. The smallest absolute Gasteiger partial charge is 0.123 e. The monoisotopic (exact) mass is 320 g/mol. The van der Waals surface area contributed by atoms with Crippen molar-refractivity contribution in [2.75, 3.05) is 53.6 Å². The third-order valence-corrected chi connectivity index (χ3v) is 4.95. The lowest BCUT2D eigenvalue weighted by atomic mass is 9.98. The van der Waals surface area contributed by atoms with E-state index in [2.05, 4.69) is 21.9 Å². The van der Waals surface area contributed by atoms with Gasteiger partial charge in [0.1, 0.15) is 5.75 Å². The van der Waals surface area contributed by atoms with Gasteiger partial charge in [-0.1, -0.05) is 18.2 Å². The number of benzene rings is 1. The maximum absolute atomic E-state index is 6.00. The SMILES string of the molecule is COCCN1CCO[C@@H]2CCN(Cc3ccccc3OC)C[C@H]21. The largest absolute Gasteiger partial charge is 0.496 e. The first-order valence-electron chi connectivity index (χ1n) is 8.50. The molecule has 2 fully saturated rings. The Kier molecular flexibility index (Phi) is 5.89. The zero-order chi connectivity index (χ0) is 16.1. The summed E-state index contributed by atoms with van der Waals surface area (Å²) in [5.41, 5.74) is 1.26. The van der Waals surface area contributed by atoms with Gasteiger partial charge in [-0.3, -0.25) is 9.80 Å². The summed E-state index contributed by atoms with van der Waals surface area (Å²) in [6.45, 7) is 6.69. The molecule has 2 heterocycles. The highest BCUT2D eigenvalue weighted by molar-refractivity contribution is 5.33. The van der Waals surface area contributed by atoms with E-state index < -0.39 is 0 Å². The number of likely N-dealkylation sites (tertiary alicyclic amines) is 1. The van der Waals surface area contributed by atoms with E-state index in [-0.39, 0.29) is 0 Å². The second kappa shape index (κ2) is 8.11. The first-order valence-corrected chi connectivity index (χ1v) is 8.50. The Morgan fingerprint density at radius 2 is 2.09 bits per heavy atom. The molecule has 0 aliphatic carbocycles. The van der Waals surface area contributed by atoms with Crippen molar-refractivity contribution in [3.63, 3.8) is 0 Å². The summed E-state index contributed by atoms with van der Waals surface area (Å²) in [6, 6.07) is 8.78. The summed E-state index contributed by atoms with van der Waals surface area (Å²) >= 11 is 0. The number of para-hydroxylation sites is 1. The minimum absolute atomic E-state index is 0.370. The Labute approximate surface area is 139 Å². The number of rotatable bonds is 6. The van der Waals surface area contributed by atoms with E-state index in [0.29, 0.717) is 12.1 Å². The van der Waals surface area contributed by atoms with Gasteiger partial charge in [0.15, 0.2) is 0 Å². The Hall–Kier alpha value is -1.14. The van der Waals surface area contributed by atoms with E-state index in [1.165, 1.54) is 5.56 Å². The van der Waals surface area contributed by atoms with Crippen LogP contribution < -0.4 is 4.74 Å². The lowest BCUT2D eigenvalue weighted by Crippen LogP contribution is -2.60. The number of ether oxygens (including phenoxy) is 3. The number of piperidine rings is 1. The zero-order valence-corrected chi connectivity index (χ0v) is 14.2. The van der Waals surface area contributed by atoms with Crippen molar-refractivity contribution in [3.8, 4) is 5.75 Å². The summed E-state index contributed by atoms with van der Waals surface area (Å²) in [5, 5.41) is 0. The van der Waals surface area contributed by atoms with Crippen LogP contribution in [0.1, 0.15) is 12.0 Å². The summed E-state index contributed by atoms with van der Waals surface area (Å²) < 4.78 is 16.8. The molecule has 2 aliphatic heterocycles. The van der Waals surface area contributed by atoms with Crippen molar-refractivity contribution in [2.24, 2.45) is 0 Å². The molecule has 5 heteroatoms. The number of hydrogen-bond acceptors (Lipinski definition) is 5. The van der Waals surface area contributed by atoms with Crippen LogP contribution in [0.25, 0.3) is 0 Å². The van der Waals surface area contributed by atoms with E-state index in [1.807, 2.05) is 12.1 Å². The highest BCUT2D eigenvalue weighted by atomic mass is 16.5. The topological polar surface area (TPSA) is 34.2 Å². The molecule has 3 rings (SSSR count). The normalized spacial score (nSPS) is 26.0. The first-order chi connectivity index (χ1) is 11.3. The molecule has 0 spiro atoms. The third kappa shape index (κ3) is 4.04. The molecule has 2 saturated heterocycles. The summed E-state index contributed by atoms with van der Waals surface area (Å²) in [4.78, 5) is 5.06. The van der Waals surface area contributed by atoms with Crippen molar-refractivity contribution in [2.45, 2.75) is 25.1 Å². The Morgan fingerprint density at radius 1 is 1.22 bits per heavy atom. The van der Waals surface area contributed by atoms with Gasteiger partial charge in [0.2, 0.25) is 0 Å². The second-order valence-corrected chi connectivity index (χ2v) is 6.34. The van der Waals surface area contributed by atoms with Crippen LogP contribution in [0.2, 0.25) is 0 Å². The molecule has 0 unspecified atom stereocenters. The van der Waals surface area contributed by atoms with Crippen LogP contribution >= 0.6 is 0 Å². The van der Waals surface area contributed by atoms with Crippen LogP contribution in [0.3, 0.4) is 0 Å². The lowest BCUT2D eigenvalue weighted by Gasteiger charge is -2.47. The summed E-state index contributed by atoms with van der Waals surface area (Å²) in [7, 11) is 3.51. The van der Waals surface area contributed by atoms with Crippen molar-refractivity contribution in [1.82, 2.24) is 9.80 Å². The van der Waals surface area contributed by atoms with Gasteiger partial charge in [0.05, 0.1) is 26.4 Å². The Morgan fingerprint density at radius 3 is 2.91 bits per heavy atom. The fourth-order valence-electron chi connectivity index (χ4n) is 3.71. The number of fused-ring (bicyclic) bond motifs is 1.